The van der Waals surface area contributed by atoms with E-state index in [-0.39, 0.29) is 5.91 Å². The van der Waals surface area contributed by atoms with Crippen molar-refractivity contribution in [3.63, 3.8) is 0 Å². The molecule has 0 saturated carbocycles. The zero-order chi connectivity index (χ0) is 16.1. The lowest BCUT2D eigenvalue weighted by Gasteiger charge is -2.26. The van der Waals surface area contributed by atoms with Gasteiger partial charge in [0.1, 0.15) is 0 Å². The first-order valence-electron chi connectivity index (χ1n) is 7.83. The van der Waals surface area contributed by atoms with Crippen LogP contribution in [-0.2, 0) is 6.54 Å². The minimum atomic E-state index is -0.161. The minimum Gasteiger partial charge on any atom is -0.346 e. The molecule has 1 saturated heterocycles. The molecule has 1 aromatic heterocycles. The average molecular weight is 331 g/mol. The summed E-state index contributed by atoms with van der Waals surface area (Å²) >= 11 is 5.91. The Bertz CT molecular complexity index is 686. The third-order valence-corrected chi connectivity index (χ3v) is 4.09. The molecular formula is C17H19ClN4O. The highest BCUT2D eigenvalue weighted by Gasteiger charge is 2.14. The SMILES string of the molecule is O=C(NCc1ccnc(N2CCCCC2)n1)c1cccc(Cl)c1. The molecule has 0 spiro atoms. The first-order chi connectivity index (χ1) is 11.2. The van der Waals surface area contributed by atoms with Crippen LogP contribution < -0.4 is 10.2 Å². The quantitative estimate of drug-likeness (QED) is 0.936. The molecule has 2 heterocycles. The summed E-state index contributed by atoms with van der Waals surface area (Å²) in [6.07, 6.45) is 5.38. The van der Waals surface area contributed by atoms with Crippen LogP contribution in [0.3, 0.4) is 0 Å². The van der Waals surface area contributed by atoms with Crippen molar-refractivity contribution in [1.29, 1.82) is 0 Å². The van der Waals surface area contributed by atoms with Crippen LogP contribution in [0, 0.1) is 0 Å². The van der Waals surface area contributed by atoms with E-state index in [1.807, 2.05) is 6.07 Å². The Kier molecular flexibility index (Phi) is 5.08. The molecule has 0 radical (unpaired) electrons. The van der Waals surface area contributed by atoms with Crippen LogP contribution in [-0.4, -0.2) is 29.0 Å². The molecule has 0 aliphatic carbocycles. The Balaban J connectivity index is 1.63. The van der Waals surface area contributed by atoms with E-state index in [4.69, 9.17) is 11.6 Å². The highest BCUT2D eigenvalue weighted by atomic mass is 35.5. The molecule has 1 aromatic carbocycles. The fraction of sp³-hybridized carbons (Fsp3) is 0.353. The van der Waals surface area contributed by atoms with Crippen molar-refractivity contribution < 1.29 is 4.79 Å². The Morgan fingerprint density at radius 3 is 2.83 bits per heavy atom. The van der Waals surface area contributed by atoms with Crippen LogP contribution >= 0.6 is 11.6 Å². The Morgan fingerprint density at radius 1 is 1.22 bits per heavy atom. The monoisotopic (exact) mass is 330 g/mol. The highest BCUT2D eigenvalue weighted by molar-refractivity contribution is 6.30. The third kappa shape index (κ3) is 4.20. The van der Waals surface area contributed by atoms with Gasteiger partial charge in [0.05, 0.1) is 12.2 Å². The third-order valence-electron chi connectivity index (χ3n) is 3.86. The molecule has 0 unspecified atom stereocenters. The van der Waals surface area contributed by atoms with Gasteiger partial charge in [0.25, 0.3) is 5.91 Å². The van der Waals surface area contributed by atoms with E-state index in [2.05, 4.69) is 20.2 Å². The molecule has 5 nitrogen and oxygen atoms in total. The standard InChI is InChI=1S/C17H19ClN4O/c18-14-6-4-5-13(11-14)16(23)20-12-15-7-8-19-17(21-15)22-9-2-1-3-10-22/h4-8,11H,1-3,9-10,12H2,(H,20,23). The van der Waals surface area contributed by atoms with E-state index < -0.39 is 0 Å². The molecule has 0 bridgehead atoms. The van der Waals surface area contributed by atoms with Gasteiger partial charge in [0, 0.05) is 29.9 Å². The smallest absolute Gasteiger partial charge is 0.251 e. The van der Waals surface area contributed by atoms with Gasteiger partial charge in [-0.15, -0.1) is 0 Å². The van der Waals surface area contributed by atoms with Gasteiger partial charge in [-0.25, -0.2) is 9.97 Å². The van der Waals surface area contributed by atoms with Crippen molar-refractivity contribution >= 4 is 23.5 Å². The summed E-state index contributed by atoms with van der Waals surface area (Å²) in [6.45, 7) is 2.37. The minimum absolute atomic E-state index is 0.161. The normalized spacial score (nSPS) is 14.6. The molecule has 120 valence electrons. The van der Waals surface area contributed by atoms with Crippen molar-refractivity contribution in [2.75, 3.05) is 18.0 Å². The number of halogens is 1. The first-order valence-corrected chi connectivity index (χ1v) is 8.21. The molecule has 0 atom stereocenters. The number of nitrogens with one attached hydrogen (secondary N) is 1. The summed E-state index contributed by atoms with van der Waals surface area (Å²) in [7, 11) is 0. The molecule has 23 heavy (non-hydrogen) atoms. The average Bonchev–Trinajstić information content (AvgIpc) is 2.61. The van der Waals surface area contributed by atoms with Crippen LogP contribution in [0.15, 0.2) is 36.5 Å². The van der Waals surface area contributed by atoms with Crippen LogP contribution in [0.4, 0.5) is 5.95 Å². The molecule has 2 aromatic rings. The van der Waals surface area contributed by atoms with Gasteiger partial charge in [-0.1, -0.05) is 17.7 Å². The second-order valence-electron chi connectivity index (χ2n) is 5.59. The number of carbonyl (C=O) groups is 1. The fourth-order valence-electron chi connectivity index (χ4n) is 2.63. The number of anilines is 1. The maximum absolute atomic E-state index is 12.1. The van der Waals surface area contributed by atoms with Gasteiger partial charge in [0.15, 0.2) is 0 Å². The topological polar surface area (TPSA) is 58.1 Å². The van der Waals surface area contributed by atoms with Crippen LogP contribution in [0.2, 0.25) is 5.02 Å². The Hall–Kier alpha value is -2.14. The zero-order valence-corrected chi connectivity index (χ0v) is 13.6. The summed E-state index contributed by atoms with van der Waals surface area (Å²) < 4.78 is 0. The van der Waals surface area contributed by atoms with E-state index in [0.29, 0.717) is 17.1 Å². The lowest BCUT2D eigenvalue weighted by Crippen LogP contribution is -2.31. The van der Waals surface area contributed by atoms with Crippen LogP contribution in [0.1, 0.15) is 35.3 Å². The number of rotatable bonds is 4. The van der Waals surface area contributed by atoms with Crippen LogP contribution in [0.5, 0.6) is 0 Å². The van der Waals surface area contributed by atoms with E-state index in [9.17, 15) is 4.79 Å². The highest BCUT2D eigenvalue weighted by Crippen LogP contribution is 2.15. The Morgan fingerprint density at radius 2 is 2.04 bits per heavy atom. The van der Waals surface area contributed by atoms with Gasteiger partial charge < -0.3 is 10.2 Å². The number of benzene rings is 1. The molecule has 1 aliphatic heterocycles. The van der Waals surface area contributed by atoms with E-state index in [0.717, 1.165) is 24.7 Å². The Labute approximate surface area is 140 Å². The summed E-state index contributed by atoms with van der Waals surface area (Å²) in [5.74, 6) is 0.588. The number of hydrogen-bond acceptors (Lipinski definition) is 4. The van der Waals surface area contributed by atoms with Gasteiger partial charge >= 0.3 is 0 Å². The van der Waals surface area contributed by atoms with Gasteiger partial charge in [-0.3, -0.25) is 4.79 Å². The number of carbonyl (C=O) groups excluding carboxylic acids is 1. The maximum Gasteiger partial charge on any atom is 0.251 e. The second-order valence-corrected chi connectivity index (χ2v) is 6.03. The van der Waals surface area contributed by atoms with Crippen molar-refractivity contribution in [2.45, 2.75) is 25.8 Å². The predicted octanol–water partition coefficient (Wildman–Crippen LogP) is 3.05. The zero-order valence-electron chi connectivity index (χ0n) is 12.8. The second kappa shape index (κ2) is 7.42. The van der Waals surface area contributed by atoms with E-state index in [1.165, 1.54) is 19.3 Å². The lowest BCUT2D eigenvalue weighted by atomic mass is 10.1. The summed E-state index contributed by atoms with van der Waals surface area (Å²) in [4.78, 5) is 23.2. The van der Waals surface area contributed by atoms with Crippen molar-refractivity contribution in [2.24, 2.45) is 0 Å². The summed E-state index contributed by atoms with van der Waals surface area (Å²) in [5, 5.41) is 3.41. The number of aromatic nitrogens is 2. The molecule has 1 amide bonds. The number of piperidine rings is 1. The van der Waals surface area contributed by atoms with E-state index in [1.54, 1.807) is 30.5 Å². The lowest BCUT2D eigenvalue weighted by molar-refractivity contribution is 0.0950. The summed E-state index contributed by atoms with van der Waals surface area (Å²) in [6, 6.07) is 8.71. The van der Waals surface area contributed by atoms with Gasteiger partial charge in [-0.2, -0.15) is 0 Å². The fourth-order valence-corrected chi connectivity index (χ4v) is 2.82. The molecule has 1 fully saturated rings. The number of nitrogens with zero attached hydrogens (tertiary/aromatic N) is 3. The number of hydrogen-bond donors (Lipinski definition) is 1. The molecule has 6 heteroatoms. The summed E-state index contributed by atoms with van der Waals surface area (Å²) in [5.41, 5.74) is 1.35. The molecule has 1 aliphatic rings. The van der Waals surface area contributed by atoms with Crippen molar-refractivity contribution in [1.82, 2.24) is 15.3 Å². The van der Waals surface area contributed by atoms with Gasteiger partial charge in [-0.05, 0) is 43.5 Å². The van der Waals surface area contributed by atoms with Crippen molar-refractivity contribution in [3.05, 3.63) is 52.8 Å². The van der Waals surface area contributed by atoms with Crippen LogP contribution in [0.25, 0.3) is 0 Å². The van der Waals surface area contributed by atoms with Gasteiger partial charge in [0.2, 0.25) is 5.95 Å². The first kappa shape index (κ1) is 15.7. The predicted molar refractivity (Wildman–Crippen MR) is 90.7 cm³/mol. The largest absolute Gasteiger partial charge is 0.346 e. The molecule has 1 N–H and O–H groups in total. The maximum atomic E-state index is 12.1. The number of amides is 1. The molecular weight excluding hydrogens is 312 g/mol. The van der Waals surface area contributed by atoms with Crippen molar-refractivity contribution in [3.8, 4) is 0 Å². The molecule has 3 rings (SSSR count). The van der Waals surface area contributed by atoms with E-state index >= 15 is 0 Å².